The van der Waals surface area contributed by atoms with E-state index in [1.165, 1.54) is 0 Å². The predicted molar refractivity (Wildman–Crippen MR) is 39.7 cm³/mol. The van der Waals surface area contributed by atoms with Crippen LogP contribution >= 0.6 is 7.75 Å². The topological polar surface area (TPSA) is 61.5 Å². The normalized spacial score (nSPS) is 16.7. The molecule has 0 saturated carbocycles. The number of nitrogens with two attached hydrogens (primary N) is 1. The van der Waals surface area contributed by atoms with Crippen LogP contribution in [0.1, 0.15) is 20.3 Å². The molecule has 0 heterocycles. The Kier molecular flexibility index (Phi) is 4.91. The summed E-state index contributed by atoms with van der Waals surface area (Å²) in [5.74, 6) is 0. The van der Waals surface area contributed by atoms with Crippen molar-refractivity contribution < 1.29 is 13.6 Å². The van der Waals surface area contributed by atoms with Gasteiger partial charge in [-0.3, -0.25) is 9.05 Å². The quantitative estimate of drug-likeness (QED) is 0.630. The van der Waals surface area contributed by atoms with Gasteiger partial charge in [0.1, 0.15) is 0 Å². The van der Waals surface area contributed by atoms with Crippen molar-refractivity contribution in [2.45, 2.75) is 20.3 Å². The SMILES string of the molecule is CCCOP(N)(=O)OCC. The molecule has 0 aromatic heterocycles. The molecule has 0 amide bonds. The molecule has 5 heteroatoms. The predicted octanol–water partition coefficient (Wildman–Crippen LogP) is 1.52. The zero-order valence-electron chi connectivity index (χ0n) is 6.37. The Balaban J connectivity index is 3.53. The molecule has 1 atom stereocenters. The molecule has 10 heavy (non-hydrogen) atoms. The molecule has 0 saturated heterocycles. The first-order chi connectivity index (χ1) is 4.62. The first-order valence-electron chi connectivity index (χ1n) is 3.30. The third kappa shape index (κ3) is 4.94. The van der Waals surface area contributed by atoms with Crippen LogP contribution in [0.2, 0.25) is 0 Å². The summed E-state index contributed by atoms with van der Waals surface area (Å²) in [7, 11) is -3.21. The van der Waals surface area contributed by atoms with Gasteiger partial charge in [0, 0.05) is 0 Å². The summed E-state index contributed by atoms with van der Waals surface area (Å²) in [4.78, 5) is 0. The van der Waals surface area contributed by atoms with Crippen LogP contribution in [0.4, 0.5) is 0 Å². The maximum Gasteiger partial charge on any atom is 0.402 e. The van der Waals surface area contributed by atoms with Crippen molar-refractivity contribution in [2.24, 2.45) is 5.50 Å². The summed E-state index contributed by atoms with van der Waals surface area (Å²) in [5, 5.41) is 0. The van der Waals surface area contributed by atoms with Crippen LogP contribution < -0.4 is 5.50 Å². The molecule has 62 valence electrons. The van der Waals surface area contributed by atoms with Gasteiger partial charge in [-0.2, -0.15) is 0 Å². The molecule has 2 N–H and O–H groups in total. The Labute approximate surface area is 61.3 Å². The Bertz CT molecular complexity index is 128. The van der Waals surface area contributed by atoms with E-state index >= 15 is 0 Å². The van der Waals surface area contributed by atoms with Crippen LogP contribution in [-0.4, -0.2) is 13.2 Å². The van der Waals surface area contributed by atoms with E-state index in [1.807, 2.05) is 6.92 Å². The highest BCUT2D eigenvalue weighted by atomic mass is 31.2. The third-order valence-corrected chi connectivity index (χ3v) is 1.94. The summed E-state index contributed by atoms with van der Waals surface area (Å²) in [5.41, 5.74) is 5.12. The van der Waals surface area contributed by atoms with Crippen molar-refractivity contribution in [3.8, 4) is 0 Å². The summed E-state index contributed by atoms with van der Waals surface area (Å²) >= 11 is 0. The van der Waals surface area contributed by atoms with Gasteiger partial charge in [-0.1, -0.05) is 6.92 Å². The fourth-order valence-electron chi connectivity index (χ4n) is 0.436. The molecular weight excluding hydrogens is 153 g/mol. The highest BCUT2D eigenvalue weighted by Gasteiger charge is 2.15. The largest absolute Gasteiger partial charge is 0.402 e. The molecule has 0 bridgehead atoms. The average molecular weight is 167 g/mol. The Morgan fingerprint density at radius 2 is 2.00 bits per heavy atom. The van der Waals surface area contributed by atoms with Crippen molar-refractivity contribution in [1.29, 1.82) is 0 Å². The lowest BCUT2D eigenvalue weighted by Crippen LogP contribution is -2.04. The van der Waals surface area contributed by atoms with Gasteiger partial charge in [-0.15, -0.1) is 0 Å². The summed E-state index contributed by atoms with van der Waals surface area (Å²) < 4.78 is 20.3. The molecule has 0 radical (unpaired) electrons. The molecule has 0 rings (SSSR count). The smallest absolute Gasteiger partial charge is 0.297 e. The lowest BCUT2D eigenvalue weighted by molar-refractivity contribution is 0.212. The van der Waals surface area contributed by atoms with Crippen LogP contribution in [0.25, 0.3) is 0 Å². The van der Waals surface area contributed by atoms with E-state index in [2.05, 4.69) is 4.52 Å². The lowest BCUT2D eigenvalue weighted by Gasteiger charge is -2.10. The van der Waals surface area contributed by atoms with Crippen molar-refractivity contribution in [1.82, 2.24) is 0 Å². The van der Waals surface area contributed by atoms with Crippen molar-refractivity contribution in [2.75, 3.05) is 13.2 Å². The van der Waals surface area contributed by atoms with Gasteiger partial charge in [-0.25, -0.2) is 10.1 Å². The van der Waals surface area contributed by atoms with Gasteiger partial charge < -0.3 is 0 Å². The van der Waals surface area contributed by atoms with E-state index in [9.17, 15) is 4.57 Å². The van der Waals surface area contributed by atoms with Gasteiger partial charge in [0.05, 0.1) is 13.2 Å². The first kappa shape index (κ1) is 10.1. The van der Waals surface area contributed by atoms with E-state index in [0.717, 1.165) is 6.42 Å². The number of hydrogen-bond acceptors (Lipinski definition) is 3. The highest BCUT2D eigenvalue weighted by Crippen LogP contribution is 2.38. The van der Waals surface area contributed by atoms with Crippen LogP contribution in [0.5, 0.6) is 0 Å². The van der Waals surface area contributed by atoms with Gasteiger partial charge in [0.25, 0.3) is 0 Å². The minimum Gasteiger partial charge on any atom is -0.297 e. The molecule has 0 aliphatic carbocycles. The van der Waals surface area contributed by atoms with Crippen molar-refractivity contribution >= 4 is 7.75 Å². The number of rotatable bonds is 5. The van der Waals surface area contributed by atoms with Crippen molar-refractivity contribution in [3.05, 3.63) is 0 Å². The zero-order valence-corrected chi connectivity index (χ0v) is 7.27. The van der Waals surface area contributed by atoms with E-state index in [1.54, 1.807) is 6.92 Å². The van der Waals surface area contributed by atoms with Gasteiger partial charge in [0.2, 0.25) is 0 Å². The minimum atomic E-state index is -3.21. The van der Waals surface area contributed by atoms with E-state index in [-0.39, 0.29) is 0 Å². The molecule has 0 aliphatic heterocycles. The monoisotopic (exact) mass is 167 g/mol. The van der Waals surface area contributed by atoms with Crippen LogP contribution in [0.3, 0.4) is 0 Å². The van der Waals surface area contributed by atoms with E-state index in [0.29, 0.717) is 13.2 Å². The molecule has 0 aromatic carbocycles. The highest BCUT2D eigenvalue weighted by molar-refractivity contribution is 7.51. The molecule has 1 unspecified atom stereocenters. The summed E-state index contributed by atoms with van der Waals surface area (Å²) in [6, 6.07) is 0. The maximum atomic E-state index is 10.9. The molecule has 0 aromatic rings. The zero-order chi connectivity index (χ0) is 8.04. The Hall–Kier alpha value is 0.110. The van der Waals surface area contributed by atoms with Crippen LogP contribution in [0, 0.1) is 0 Å². The third-order valence-electron chi connectivity index (χ3n) is 0.784. The summed E-state index contributed by atoms with van der Waals surface area (Å²) in [6.45, 7) is 4.33. The standard InChI is InChI=1S/C5H14NO3P/c1-3-5-9-10(6,7)8-4-2/h3-5H2,1-2H3,(H2,6,7). The molecule has 0 aliphatic rings. The second-order valence-electron chi connectivity index (χ2n) is 1.79. The Morgan fingerprint density at radius 1 is 1.40 bits per heavy atom. The van der Waals surface area contributed by atoms with Gasteiger partial charge >= 0.3 is 7.75 Å². The maximum absolute atomic E-state index is 10.9. The van der Waals surface area contributed by atoms with E-state index in [4.69, 9.17) is 10.0 Å². The summed E-state index contributed by atoms with van der Waals surface area (Å²) in [6.07, 6.45) is 0.786. The number of hydrogen-bond donors (Lipinski definition) is 1. The van der Waals surface area contributed by atoms with Crippen molar-refractivity contribution in [3.63, 3.8) is 0 Å². The average Bonchev–Trinajstić information content (AvgIpc) is 1.84. The van der Waals surface area contributed by atoms with Crippen LogP contribution in [-0.2, 0) is 13.6 Å². The van der Waals surface area contributed by atoms with Gasteiger partial charge in [0.15, 0.2) is 0 Å². The fraction of sp³-hybridized carbons (Fsp3) is 1.00. The minimum absolute atomic E-state index is 0.317. The van der Waals surface area contributed by atoms with E-state index < -0.39 is 7.75 Å². The second kappa shape index (κ2) is 4.85. The molecule has 0 fully saturated rings. The van der Waals surface area contributed by atoms with Crippen LogP contribution in [0.15, 0.2) is 0 Å². The second-order valence-corrected chi connectivity index (χ2v) is 3.39. The van der Waals surface area contributed by atoms with Gasteiger partial charge in [-0.05, 0) is 13.3 Å². The lowest BCUT2D eigenvalue weighted by atomic mass is 10.5. The molecule has 4 nitrogen and oxygen atoms in total. The Morgan fingerprint density at radius 3 is 2.40 bits per heavy atom. The molecular formula is C5H14NO3P. The fourth-order valence-corrected chi connectivity index (χ4v) is 1.31. The molecule has 0 spiro atoms. The first-order valence-corrected chi connectivity index (χ1v) is 4.91.